The van der Waals surface area contributed by atoms with Crippen LogP contribution >= 0.6 is 0 Å². The number of benzene rings is 1. The van der Waals surface area contributed by atoms with Gasteiger partial charge >= 0.3 is 5.97 Å². The average molecular weight is 201 g/mol. The monoisotopic (exact) mass is 201 g/mol. The van der Waals surface area contributed by atoms with Gasteiger partial charge in [-0.2, -0.15) is 5.26 Å². The van der Waals surface area contributed by atoms with Gasteiger partial charge in [0.15, 0.2) is 0 Å². The number of nitriles is 1. The van der Waals surface area contributed by atoms with Gasteiger partial charge in [-0.1, -0.05) is 24.3 Å². The molecule has 3 heteroatoms. The number of hydrogen-bond donors (Lipinski definition) is 1. The van der Waals surface area contributed by atoms with Crippen LogP contribution in [0.4, 0.5) is 0 Å². The zero-order valence-electron chi connectivity index (χ0n) is 8.18. The van der Waals surface area contributed by atoms with E-state index < -0.39 is 5.97 Å². The van der Waals surface area contributed by atoms with Crippen molar-refractivity contribution in [2.24, 2.45) is 5.92 Å². The molecule has 2 rings (SSSR count). The summed E-state index contributed by atoms with van der Waals surface area (Å²) in [5.41, 5.74) is 2.01. The van der Waals surface area contributed by atoms with Crippen LogP contribution in [0.15, 0.2) is 24.3 Å². The molecule has 2 unspecified atom stereocenters. The summed E-state index contributed by atoms with van der Waals surface area (Å²) >= 11 is 0. The first-order valence-corrected chi connectivity index (χ1v) is 4.91. The Balaban J connectivity index is 2.14. The van der Waals surface area contributed by atoms with E-state index in [2.05, 4.69) is 6.07 Å². The van der Waals surface area contributed by atoms with Crippen molar-refractivity contribution in [1.29, 1.82) is 5.26 Å². The minimum atomic E-state index is -0.717. The molecule has 0 bridgehead atoms. The van der Waals surface area contributed by atoms with E-state index in [-0.39, 0.29) is 11.8 Å². The topological polar surface area (TPSA) is 61.1 Å². The predicted octanol–water partition coefficient (Wildman–Crippen LogP) is 1.94. The molecule has 1 N–H and O–H groups in total. The van der Waals surface area contributed by atoms with Crippen LogP contribution in [0.1, 0.15) is 23.5 Å². The fourth-order valence-electron chi connectivity index (χ4n) is 1.86. The Morgan fingerprint density at radius 2 is 2.40 bits per heavy atom. The first-order valence-electron chi connectivity index (χ1n) is 4.91. The van der Waals surface area contributed by atoms with Gasteiger partial charge in [-0.25, -0.2) is 0 Å². The summed E-state index contributed by atoms with van der Waals surface area (Å²) in [6, 6.07) is 9.75. The second-order valence-electron chi connectivity index (χ2n) is 3.87. The number of aliphatic carboxylic acids is 1. The summed E-state index contributed by atoms with van der Waals surface area (Å²) in [7, 11) is 0. The molecule has 3 nitrogen and oxygen atoms in total. The molecular formula is C12H11NO2. The summed E-state index contributed by atoms with van der Waals surface area (Å²) in [4.78, 5) is 10.7. The molecule has 76 valence electrons. The minimum Gasteiger partial charge on any atom is -0.481 e. The summed E-state index contributed by atoms with van der Waals surface area (Å²) in [6.45, 7) is 0. The molecule has 1 aliphatic carbocycles. The number of nitrogens with zero attached hydrogens (tertiary/aromatic N) is 1. The lowest BCUT2D eigenvalue weighted by Gasteiger charge is -2.00. The molecule has 1 aromatic rings. The van der Waals surface area contributed by atoms with E-state index in [9.17, 15) is 4.79 Å². The lowest BCUT2D eigenvalue weighted by molar-refractivity contribution is -0.138. The van der Waals surface area contributed by atoms with E-state index >= 15 is 0 Å². The highest BCUT2D eigenvalue weighted by Gasteiger charge is 2.44. The van der Waals surface area contributed by atoms with Gasteiger partial charge in [-0.05, 0) is 23.5 Å². The molecule has 1 saturated carbocycles. The van der Waals surface area contributed by atoms with Crippen LogP contribution in [0.2, 0.25) is 0 Å². The largest absolute Gasteiger partial charge is 0.481 e. The molecule has 1 fully saturated rings. The highest BCUT2D eigenvalue weighted by Crippen LogP contribution is 2.47. The first kappa shape index (κ1) is 9.72. The van der Waals surface area contributed by atoms with Gasteiger partial charge < -0.3 is 5.11 Å². The molecule has 0 saturated heterocycles. The third kappa shape index (κ3) is 1.99. The third-order valence-electron chi connectivity index (χ3n) is 2.77. The molecule has 0 heterocycles. The van der Waals surface area contributed by atoms with Crippen LogP contribution in [0.5, 0.6) is 0 Å². The van der Waals surface area contributed by atoms with Crippen LogP contribution in [0, 0.1) is 17.2 Å². The van der Waals surface area contributed by atoms with Crippen LogP contribution in [-0.2, 0) is 11.2 Å². The summed E-state index contributed by atoms with van der Waals surface area (Å²) in [5.74, 6) is -0.783. The van der Waals surface area contributed by atoms with E-state index in [1.807, 2.05) is 24.3 Å². The van der Waals surface area contributed by atoms with Crippen molar-refractivity contribution in [1.82, 2.24) is 0 Å². The van der Waals surface area contributed by atoms with E-state index in [0.717, 1.165) is 17.5 Å². The summed E-state index contributed by atoms with van der Waals surface area (Å²) < 4.78 is 0. The van der Waals surface area contributed by atoms with Crippen LogP contribution in [0.25, 0.3) is 0 Å². The zero-order chi connectivity index (χ0) is 10.8. The minimum absolute atomic E-state index is 0.154. The average Bonchev–Trinajstić information content (AvgIpc) is 2.98. The van der Waals surface area contributed by atoms with E-state index in [1.165, 1.54) is 0 Å². The van der Waals surface area contributed by atoms with Crippen molar-refractivity contribution in [3.8, 4) is 6.07 Å². The second-order valence-corrected chi connectivity index (χ2v) is 3.87. The standard InChI is InChI=1S/C12H11NO2/c13-5-4-8-2-1-3-9(6-8)10-7-11(10)12(14)15/h1-3,6,10-11H,4,7H2,(H,14,15). The maximum Gasteiger partial charge on any atom is 0.307 e. The fraction of sp³-hybridized carbons (Fsp3) is 0.333. The lowest BCUT2D eigenvalue weighted by atomic mass is 10.0. The molecular weight excluding hydrogens is 190 g/mol. The molecule has 0 aromatic heterocycles. The predicted molar refractivity (Wildman–Crippen MR) is 54.2 cm³/mol. The Bertz CT molecular complexity index is 433. The molecule has 1 aromatic carbocycles. The summed E-state index contributed by atoms with van der Waals surface area (Å²) in [5, 5.41) is 17.4. The quantitative estimate of drug-likeness (QED) is 0.812. The van der Waals surface area contributed by atoms with Crippen LogP contribution < -0.4 is 0 Å². The number of carbonyl (C=O) groups is 1. The maximum absolute atomic E-state index is 10.7. The van der Waals surface area contributed by atoms with Crippen LogP contribution in [-0.4, -0.2) is 11.1 Å². The highest BCUT2D eigenvalue weighted by atomic mass is 16.4. The highest BCUT2D eigenvalue weighted by molar-refractivity contribution is 5.75. The van der Waals surface area contributed by atoms with Gasteiger partial charge in [-0.15, -0.1) is 0 Å². The molecule has 2 atom stereocenters. The Morgan fingerprint density at radius 3 is 3.00 bits per heavy atom. The van der Waals surface area contributed by atoms with Gasteiger partial charge in [-0.3, -0.25) is 4.79 Å². The number of carboxylic acid groups (broad SMARTS) is 1. The van der Waals surface area contributed by atoms with E-state index in [0.29, 0.717) is 6.42 Å². The maximum atomic E-state index is 10.7. The van der Waals surface area contributed by atoms with Gasteiger partial charge in [0.1, 0.15) is 0 Å². The summed E-state index contributed by atoms with van der Waals surface area (Å²) in [6.07, 6.45) is 1.11. The van der Waals surface area contributed by atoms with Crippen molar-refractivity contribution in [2.45, 2.75) is 18.8 Å². The Morgan fingerprint density at radius 1 is 1.60 bits per heavy atom. The van der Waals surface area contributed by atoms with Crippen molar-refractivity contribution >= 4 is 5.97 Å². The second kappa shape index (κ2) is 3.74. The normalized spacial score (nSPS) is 23.1. The third-order valence-corrected chi connectivity index (χ3v) is 2.77. The molecule has 0 radical (unpaired) electrons. The smallest absolute Gasteiger partial charge is 0.307 e. The first-order chi connectivity index (χ1) is 7.22. The molecule has 0 amide bonds. The Hall–Kier alpha value is -1.82. The SMILES string of the molecule is N#CCc1cccc(C2CC2C(=O)O)c1. The Kier molecular flexibility index (Phi) is 2.42. The zero-order valence-corrected chi connectivity index (χ0v) is 8.18. The molecule has 0 aliphatic heterocycles. The van der Waals surface area contributed by atoms with Crippen molar-refractivity contribution < 1.29 is 9.90 Å². The molecule has 0 spiro atoms. The van der Waals surface area contributed by atoms with Gasteiger partial charge in [0.25, 0.3) is 0 Å². The Labute approximate surface area is 88.0 Å². The van der Waals surface area contributed by atoms with Crippen LogP contribution in [0.3, 0.4) is 0 Å². The number of hydrogen-bond acceptors (Lipinski definition) is 2. The van der Waals surface area contributed by atoms with E-state index in [1.54, 1.807) is 0 Å². The van der Waals surface area contributed by atoms with Gasteiger partial charge in [0, 0.05) is 0 Å². The number of carboxylic acids is 1. The lowest BCUT2D eigenvalue weighted by Crippen LogP contribution is -1.99. The van der Waals surface area contributed by atoms with Gasteiger partial charge in [0.05, 0.1) is 18.4 Å². The number of rotatable bonds is 3. The van der Waals surface area contributed by atoms with Crippen molar-refractivity contribution in [2.75, 3.05) is 0 Å². The molecule has 1 aliphatic rings. The van der Waals surface area contributed by atoms with Crippen molar-refractivity contribution in [3.63, 3.8) is 0 Å². The molecule has 15 heavy (non-hydrogen) atoms. The van der Waals surface area contributed by atoms with Crippen molar-refractivity contribution in [3.05, 3.63) is 35.4 Å². The van der Waals surface area contributed by atoms with Gasteiger partial charge in [0.2, 0.25) is 0 Å². The fourth-order valence-corrected chi connectivity index (χ4v) is 1.86. The van der Waals surface area contributed by atoms with E-state index in [4.69, 9.17) is 10.4 Å².